The number of halogens is 5. The van der Waals surface area contributed by atoms with Crippen LogP contribution in [0.15, 0.2) is 12.3 Å². The summed E-state index contributed by atoms with van der Waals surface area (Å²) in [5, 5.41) is 14.6. The molecule has 234 valence electrons. The van der Waals surface area contributed by atoms with Gasteiger partial charge in [0, 0.05) is 37.3 Å². The second-order valence-electron chi connectivity index (χ2n) is 11.4. The molecule has 3 heterocycles. The summed E-state index contributed by atoms with van der Waals surface area (Å²) in [5.74, 6) is -3.95. The van der Waals surface area contributed by atoms with E-state index in [1.807, 2.05) is 4.90 Å². The van der Waals surface area contributed by atoms with Crippen molar-refractivity contribution in [3.8, 4) is 10.4 Å². The number of aromatic nitrogens is 2. The van der Waals surface area contributed by atoms with Crippen molar-refractivity contribution in [2.75, 3.05) is 18.4 Å². The van der Waals surface area contributed by atoms with Crippen LogP contribution in [0.4, 0.5) is 27.8 Å². The first kappa shape index (κ1) is 33.6. The van der Waals surface area contributed by atoms with E-state index in [2.05, 4.69) is 27.5 Å². The minimum Gasteiger partial charge on any atom is -0.389 e. The van der Waals surface area contributed by atoms with Gasteiger partial charge in [-0.15, -0.1) is 11.3 Å². The number of hydrogen-bond acceptors (Lipinski definition) is 7. The number of hydrogen-bond donors (Lipinski definition) is 3. The zero-order valence-corrected chi connectivity index (χ0v) is 25.0. The van der Waals surface area contributed by atoms with Gasteiger partial charge in [0.15, 0.2) is 5.01 Å². The first-order valence-corrected chi connectivity index (χ1v) is 14.7. The fourth-order valence-electron chi connectivity index (χ4n) is 4.79. The number of thiazole rings is 1. The van der Waals surface area contributed by atoms with Crippen molar-refractivity contribution in [3.05, 3.63) is 28.5 Å². The number of pyridine rings is 1. The van der Waals surface area contributed by atoms with E-state index in [1.54, 1.807) is 0 Å². The summed E-state index contributed by atoms with van der Waals surface area (Å²) < 4.78 is 69.9. The average Bonchev–Trinajstić information content (AvgIpc) is 3.29. The van der Waals surface area contributed by atoms with Gasteiger partial charge in [0.1, 0.15) is 5.82 Å². The number of anilines is 1. The summed E-state index contributed by atoms with van der Waals surface area (Å²) in [6.45, 7) is 7.45. The van der Waals surface area contributed by atoms with Gasteiger partial charge in [-0.05, 0) is 65.9 Å². The Hall–Kier alpha value is -2.87. The quantitative estimate of drug-likeness (QED) is 0.258. The number of piperidine rings is 1. The molecule has 2 aromatic heterocycles. The van der Waals surface area contributed by atoms with E-state index in [0.29, 0.717) is 24.9 Å². The predicted molar refractivity (Wildman–Crippen MR) is 151 cm³/mol. The van der Waals surface area contributed by atoms with Gasteiger partial charge < -0.3 is 20.6 Å². The van der Waals surface area contributed by atoms with Crippen molar-refractivity contribution in [3.63, 3.8) is 0 Å². The number of rotatable bonds is 7. The highest BCUT2D eigenvalue weighted by atomic mass is 32.1. The molecule has 1 aliphatic heterocycles. The molecule has 2 unspecified atom stereocenters. The van der Waals surface area contributed by atoms with Crippen LogP contribution in [-0.2, 0) is 11.0 Å². The van der Waals surface area contributed by atoms with Crippen molar-refractivity contribution in [2.24, 2.45) is 0 Å². The average molecular weight is 620 g/mol. The number of aryl methyl sites for hydroxylation is 1. The molecule has 2 amide bonds. The SMILES string of the molecule is CC1CCCCN1C=O.Cc1nc(C(=O)NCC(C)(C)O)sc1-c1cnc(NC2CCCCC2(F)F)cc1C(F)(F)F. The van der Waals surface area contributed by atoms with Crippen molar-refractivity contribution < 1.29 is 36.6 Å². The maximum Gasteiger partial charge on any atom is 0.417 e. The lowest BCUT2D eigenvalue weighted by atomic mass is 9.91. The molecule has 14 heteroatoms. The lowest BCUT2D eigenvalue weighted by Gasteiger charge is -2.32. The third-order valence-electron chi connectivity index (χ3n) is 7.20. The molecule has 0 spiro atoms. The Labute approximate surface area is 246 Å². The van der Waals surface area contributed by atoms with E-state index in [-0.39, 0.29) is 46.3 Å². The van der Waals surface area contributed by atoms with Gasteiger partial charge in [0.25, 0.3) is 11.8 Å². The minimum atomic E-state index is -4.79. The highest BCUT2D eigenvalue weighted by Gasteiger charge is 2.42. The van der Waals surface area contributed by atoms with Crippen LogP contribution in [0, 0.1) is 6.92 Å². The predicted octanol–water partition coefficient (Wildman–Crippen LogP) is 6.04. The summed E-state index contributed by atoms with van der Waals surface area (Å²) in [6, 6.07) is -0.0918. The van der Waals surface area contributed by atoms with Crippen LogP contribution in [0.1, 0.15) is 86.8 Å². The lowest BCUT2D eigenvalue weighted by Crippen LogP contribution is -2.42. The summed E-state index contributed by atoms with van der Waals surface area (Å²) in [7, 11) is 0. The Balaban J connectivity index is 0.000000458. The zero-order chi connectivity index (χ0) is 31.3. The minimum absolute atomic E-state index is 0.0658. The first-order valence-electron chi connectivity index (χ1n) is 13.9. The van der Waals surface area contributed by atoms with Gasteiger partial charge in [-0.1, -0.05) is 6.42 Å². The number of amides is 2. The standard InChI is InChI=1S/C21H25F5N4O2S.C7H13NO/c1-11-16(33-18(29-11)17(31)28-10-19(2,3)32)12-9-27-15(8-13(12)21(24,25)26)30-14-6-4-5-7-20(14,22)23;1-7-4-2-3-5-8(7)6-9/h8-9,14,32H,4-7,10H2,1-3H3,(H,27,30)(H,28,31);6-7H,2-5H2,1H3. The number of aliphatic hydroxyl groups is 1. The van der Waals surface area contributed by atoms with Crippen LogP contribution in [0.5, 0.6) is 0 Å². The van der Waals surface area contributed by atoms with Crippen LogP contribution in [0.3, 0.4) is 0 Å². The van der Waals surface area contributed by atoms with Crippen LogP contribution in [0.25, 0.3) is 10.4 Å². The van der Waals surface area contributed by atoms with Crippen LogP contribution >= 0.6 is 11.3 Å². The topological polar surface area (TPSA) is 107 Å². The van der Waals surface area contributed by atoms with Crippen molar-refractivity contribution in [1.29, 1.82) is 0 Å². The molecular weight excluding hydrogens is 581 g/mol. The summed E-state index contributed by atoms with van der Waals surface area (Å²) in [4.78, 5) is 32.6. The van der Waals surface area contributed by atoms with Crippen LogP contribution in [0.2, 0.25) is 0 Å². The van der Waals surface area contributed by atoms with Gasteiger partial charge in [0.2, 0.25) is 6.41 Å². The van der Waals surface area contributed by atoms with Gasteiger partial charge in [-0.25, -0.2) is 18.7 Å². The zero-order valence-electron chi connectivity index (χ0n) is 24.2. The Morgan fingerprint density at radius 2 is 1.90 bits per heavy atom. The van der Waals surface area contributed by atoms with Crippen LogP contribution in [-0.4, -0.2) is 69.0 Å². The molecule has 42 heavy (non-hydrogen) atoms. The lowest BCUT2D eigenvalue weighted by molar-refractivity contribution is -0.137. The first-order chi connectivity index (χ1) is 19.5. The summed E-state index contributed by atoms with van der Waals surface area (Å²) in [5.41, 5.74) is -2.33. The molecule has 1 aliphatic carbocycles. The van der Waals surface area contributed by atoms with E-state index in [0.717, 1.165) is 30.5 Å². The summed E-state index contributed by atoms with van der Waals surface area (Å²) in [6.07, 6.45) is 1.51. The van der Waals surface area contributed by atoms with Crippen LogP contribution < -0.4 is 10.6 Å². The molecule has 8 nitrogen and oxygen atoms in total. The van der Waals surface area contributed by atoms with Crippen molar-refractivity contribution >= 4 is 29.5 Å². The molecule has 2 fully saturated rings. The smallest absolute Gasteiger partial charge is 0.389 e. The maximum absolute atomic E-state index is 14.1. The highest BCUT2D eigenvalue weighted by Crippen LogP contribution is 2.42. The molecule has 2 aliphatic rings. The Morgan fingerprint density at radius 1 is 1.21 bits per heavy atom. The van der Waals surface area contributed by atoms with E-state index in [1.165, 1.54) is 40.0 Å². The second-order valence-corrected chi connectivity index (χ2v) is 12.4. The molecule has 0 aromatic carbocycles. The van der Waals surface area contributed by atoms with Gasteiger partial charge >= 0.3 is 6.18 Å². The summed E-state index contributed by atoms with van der Waals surface area (Å²) >= 11 is 0.758. The normalized spacial score (nSPS) is 20.8. The number of alkyl halides is 5. The van der Waals surface area contributed by atoms with E-state index in [4.69, 9.17) is 0 Å². The molecular formula is C28H38F5N5O3S. The highest BCUT2D eigenvalue weighted by molar-refractivity contribution is 7.17. The second kappa shape index (κ2) is 13.6. The molecule has 0 radical (unpaired) electrons. The van der Waals surface area contributed by atoms with Gasteiger partial charge in [-0.3, -0.25) is 9.59 Å². The van der Waals surface area contributed by atoms with Crippen molar-refractivity contribution in [1.82, 2.24) is 20.2 Å². The Morgan fingerprint density at radius 3 is 2.48 bits per heavy atom. The fourth-order valence-corrected chi connectivity index (χ4v) is 5.80. The van der Waals surface area contributed by atoms with E-state index in [9.17, 15) is 36.6 Å². The number of nitrogens with zero attached hydrogens (tertiary/aromatic N) is 3. The largest absolute Gasteiger partial charge is 0.417 e. The third-order valence-corrected chi connectivity index (χ3v) is 8.39. The molecule has 2 atom stereocenters. The Bertz CT molecular complexity index is 1230. The molecule has 0 bridgehead atoms. The van der Waals surface area contributed by atoms with E-state index >= 15 is 0 Å². The van der Waals surface area contributed by atoms with Gasteiger partial charge in [0.05, 0.1) is 27.8 Å². The maximum atomic E-state index is 14.1. The van der Waals surface area contributed by atoms with Gasteiger partial charge in [-0.2, -0.15) is 13.2 Å². The Kier molecular flexibility index (Phi) is 10.9. The molecule has 4 rings (SSSR count). The monoisotopic (exact) mass is 619 g/mol. The molecule has 3 N–H and O–H groups in total. The molecule has 1 saturated carbocycles. The third kappa shape index (κ3) is 9.06. The molecule has 2 aromatic rings. The number of carbonyl (C=O) groups is 2. The molecule has 1 saturated heterocycles. The number of carbonyl (C=O) groups excluding carboxylic acids is 2. The van der Waals surface area contributed by atoms with E-state index < -0.39 is 35.2 Å². The number of likely N-dealkylation sites (tertiary alicyclic amines) is 1. The fraction of sp³-hybridized carbons (Fsp3) is 0.643. The van der Waals surface area contributed by atoms with Crippen molar-refractivity contribution in [2.45, 2.75) is 102 Å². The number of nitrogens with one attached hydrogen (secondary N) is 2.